The number of aromatic nitrogens is 3. The summed E-state index contributed by atoms with van der Waals surface area (Å²) >= 11 is 0. The summed E-state index contributed by atoms with van der Waals surface area (Å²) in [4.78, 5) is 27.8. The molecule has 13 heteroatoms. The molecule has 0 saturated heterocycles. The van der Waals surface area contributed by atoms with Crippen LogP contribution in [0, 0.1) is 11.3 Å². The minimum absolute atomic E-state index is 0. The summed E-state index contributed by atoms with van der Waals surface area (Å²) in [6, 6.07) is 10.7. The molecule has 0 aliphatic carbocycles. The molecule has 0 saturated carbocycles. The van der Waals surface area contributed by atoms with E-state index >= 15 is 0 Å². The van der Waals surface area contributed by atoms with Crippen LogP contribution in [0.4, 0.5) is 24.8 Å². The molecule has 1 aromatic heterocycles. The second kappa shape index (κ2) is 11.3. The van der Waals surface area contributed by atoms with Gasteiger partial charge in [0.1, 0.15) is 6.04 Å². The van der Waals surface area contributed by atoms with Gasteiger partial charge in [0.15, 0.2) is 0 Å². The number of hydrogen-bond acceptors (Lipinski definition) is 6. The maximum atomic E-state index is 13.5. The maximum absolute atomic E-state index is 13.5. The van der Waals surface area contributed by atoms with E-state index in [2.05, 4.69) is 16.3 Å². The van der Waals surface area contributed by atoms with Gasteiger partial charge in [-0.2, -0.15) is 18.4 Å². The molecule has 9 nitrogen and oxygen atoms in total. The monoisotopic (exact) mass is 620 g/mol. The molecule has 4 rings (SSSR count). The Morgan fingerprint density at radius 3 is 2.50 bits per heavy atom. The summed E-state index contributed by atoms with van der Waals surface area (Å²) in [5, 5.41) is 16.0. The molecule has 1 aliphatic heterocycles. The maximum Gasteiger partial charge on any atom is 0.416 e. The minimum atomic E-state index is -4.61. The van der Waals surface area contributed by atoms with E-state index in [1.807, 2.05) is 21.1 Å². The largest absolute Gasteiger partial charge is 1.00 e. The van der Waals surface area contributed by atoms with Gasteiger partial charge in [-0.3, -0.25) is 4.90 Å². The molecule has 2 aromatic carbocycles. The number of nitrogens with one attached hydrogen (secondary N) is 1. The average Bonchev–Trinajstić information content (AvgIpc) is 3.26. The van der Waals surface area contributed by atoms with Crippen LogP contribution in [0.15, 0.2) is 58.5 Å². The molecule has 212 valence electrons. The first-order chi connectivity index (χ1) is 18.3. The van der Waals surface area contributed by atoms with Gasteiger partial charge in [-0.05, 0) is 48.4 Å². The van der Waals surface area contributed by atoms with Crippen LogP contribution in [0.25, 0.3) is 0 Å². The number of anilines is 2. The Labute approximate surface area is 239 Å². The number of carbonyl (C=O) groups is 1. The van der Waals surface area contributed by atoms with Crippen LogP contribution < -0.4 is 27.6 Å². The molecule has 0 spiro atoms. The normalized spacial score (nSPS) is 15.3. The van der Waals surface area contributed by atoms with Crippen molar-refractivity contribution in [3.05, 3.63) is 86.5 Å². The first-order valence-electron chi connectivity index (χ1n) is 12.0. The quantitative estimate of drug-likeness (QED) is 0.324. The number of benzene rings is 2. The van der Waals surface area contributed by atoms with Crippen LogP contribution in [0.2, 0.25) is 0 Å². The van der Waals surface area contributed by atoms with E-state index in [0.29, 0.717) is 28.6 Å². The summed E-state index contributed by atoms with van der Waals surface area (Å²) in [6.45, 7) is 2.26. The summed E-state index contributed by atoms with van der Waals surface area (Å²) in [5.41, 5.74) is 0.547. The van der Waals surface area contributed by atoms with Crippen molar-refractivity contribution in [3.8, 4) is 6.07 Å². The summed E-state index contributed by atoms with van der Waals surface area (Å²) in [6.07, 6.45) is -4.08. The molecule has 0 amide bonds. The Bertz CT molecular complexity index is 1560. The molecule has 3 aromatic rings. The average molecular weight is 621 g/mol. The lowest BCUT2D eigenvalue weighted by atomic mass is 9.89. The van der Waals surface area contributed by atoms with Crippen LogP contribution in [0.5, 0.6) is 0 Å². The number of ether oxygens (including phenoxy) is 1. The summed E-state index contributed by atoms with van der Waals surface area (Å²) in [7, 11) is 7.25. The lowest BCUT2D eigenvalue weighted by molar-refractivity contribution is -0.870. The number of likely N-dealkylation sites (N-methyl/N-ethyl adjacent to an activating group) is 1. The topological polar surface area (TPSA) is 104 Å². The molecular formula is C27H28BrF3N6O3. The zero-order valence-electron chi connectivity index (χ0n) is 22.5. The molecule has 0 fully saturated rings. The Kier molecular flexibility index (Phi) is 8.66. The van der Waals surface area contributed by atoms with Gasteiger partial charge in [-0.15, -0.1) is 5.10 Å². The SMILES string of the molecule is COC(=O)C1=C(C)N(c2cccc(C(F)(F)F)c2)c2n[nH]c(=O)n2C1c1ccc(C#N)cc1CC[N+](C)(C)C.[Br-]. The Hall–Kier alpha value is -3.89. The highest BCUT2D eigenvalue weighted by atomic mass is 79.9. The fourth-order valence-electron chi connectivity index (χ4n) is 4.69. The van der Waals surface area contributed by atoms with E-state index in [0.717, 1.165) is 17.7 Å². The van der Waals surface area contributed by atoms with Crippen molar-refractivity contribution >= 4 is 17.6 Å². The van der Waals surface area contributed by atoms with E-state index in [9.17, 15) is 28.0 Å². The lowest BCUT2D eigenvalue weighted by Gasteiger charge is -2.36. The van der Waals surface area contributed by atoms with Crippen LogP contribution in [0.1, 0.15) is 35.2 Å². The van der Waals surface area contributed by atoms with Gasteiger partial charge in [-0.25, -0.2) is 19.3 Å². The zero-order chi connectivity index (χ0) is 28.7. The number of carbonyl (C=O) groups excluding carboxylic acids is 1. The Balaban J connectivity index is 0.00000441. The molecule has 2 heterocycles. The number of methoxy groups -OCH3 is 1. The smallest absolute Gasteiger partial charge is 0.416 e. The van der Waals surface area contributed by atoms with Crippen LogP contribution in [0.3, 0.4) is 0 Å². The first kappa shape index (κ1) is 30.6. The van der Waals surface area contributed by atoms with Crippen LogP contribution in [-0.2, 0) is 22.1 Å². The van der Waals surface area contributed by atoms with Gasteiger partial charge >= 0.3 is 17.8 Å². The number of quaternary nitrogens is 1. The molecule has 1 atom stereocenters. The fourth-order valence-corrected chi connectivity index (χ4v) is 4.69. The molecule has 0 bridgehead atoms. The van der Waals surface area contributed by atoms with Crippen molar-refractivity contribution in [3.63, 3.8) is 0 Å². The van der Waals surface area contributed by atoms with Crippen molar-refractivity contribution < 1.29 is 44.2 Å². The molecule has 1 N–H and O–H groups in total. The minimum Gasteiger partial charge on any atom is -1.00 e. The van der Waals surface area contributed by atoms with Crippen molar-refractivity contribution in [1.82, 2.24) is 14.8 Å². The van der Waals surface area contributed by atoms with E-state index < -0.39 is 29.4 Å². The number of esters is 1. The van der Waals surface area contributed by atoms with Gasteiger partial charge in [0.05, 0.1) is 57.6 Å². The molecule has 40 heavy (non-hydrogen) atoms. The summed E-state index contributed by atoms with van der Waals surface area (Å²) in [5.74, 6) is -0.744. The van der Waals surface area contributed by atoms with Gasteiger partial charge in [0, 0.05) is 17.8 Å². The number of nitriles is 1. The third kappa shape index (κ3) is 5.83. The molecular weight excluding hydrogens is 593 g/mol. The van der Waals surface area contributed by atoms with E-state index in [4.69, 9.17) is 4.74 Å². The number of allylic oxidation sites excluding steroid dienone is 1. The molecule has 0 radical (unpaired) electrons. The predicted octanol–water partition coefficient (Wildman–Crippen LogP) is 0.903. The van der Waals surface area contributed by atoms with Crippen molar-refractivity contribution in [1.29, 1.82) is 5.26 Å². The number of alkyl halides is 3. The number of nitrogens with zero attached hydrogens (tertiary/aromatic N) is 5. The van der Waals surface area contributed by atoms with Gasteiger partial charge in [-0.1, -0.05) is 12.1 Å². The highest BCUT2D eigenvalue weighted by Crippen LogP contribution is 2.43. The van der Waals surface area contributed by atoms with E-state index in [-0.39, 0.29) is 39.9 Å². The number of H-pyrrole nitrogens is 1. The standard InChI is InChI=1S/C27H27F3N6O3.BrH/c1-16-22(24(37)39-5)23(21-10-9-17(15-31)13-18(21)11-12-36(2,3)4)35-25(32-33-26(35)38)34(16)20-8-6-7-19(14-20)27(28,29)30;/h6-10,13-14,23H,11-12H2,1-5H3;1H. The highest BCUT2D eigenvalue weighted by molar-refractivity contribution is 5.93. The van der Waals surface area contributed by atoms with E-state index in [1.165, 1.54) is 28.7 Å². The second-order valence-electron chi connectivity index (χ2n) is 10.3. The number of rotatable bonds is 6. The van der Waals surface area contributed by atoms with Crippen molar-refractivity contribution in [2.75, 3.05) is 39.7 Å². The number of halogens is 4. The number of hydrogen-bond donors (Lipinski definition) is 1. The van der Waals surface area contributed by atoms with Gasteiger partial charge in [0.2, 0.25) is 5.95 Å². The molecule has 1 aliphatic rings. The number of aromatic amines is 1. The number of fused-ring (bicyclic) bond motifs is 1. The fraction of sp³-hybridized carbons (Fsp3) is 0.333. The second-order valence-corrected chi connectivity index (χ2v) is 10.3. The third-order valence-electron chi connectivity index (χ3n) is 6.60. The van der Waals surface area contributed by atoms with Crippen molar-refractivity contribution in [2.45, 2.75) is 25.6 Å². The summed E-state index contributed by atoms with van der Waals surface area (Å²) < 4.78 is 47.6. The first-order valence-corrected chi connectivity index (χ1v) is 12.0. The predicted molar refractivity (Wildman–Crippen MR) is 137 cm³/mol. The van der Waals surface area contributed by atoms with E-state index in [1.54, 1.807) is 25.1 Å². The van der Waals surface area contributed by atoms with Gasteiger partial charge in [0.25, 0.3) is 0 Å². The van der Waals surface area contributed by atoms with Gasteiger partial charge < -0.3 is 26.2 Å². The lowest BCUT2D eigenvalue weighted by Crippen LogP contribution is -3.00. The van der Waals surface area contributed by atoms with Crippen LogP contribution >= 0.6 is 0 Å². The zero-order valence-corrected chi connectivity index (χ0v) is 24.1. The van der Waals surface area contributed by atoms with Crippen LogP contribution in [-0.4, -0.2) is 60.0 Å². The van der Waals surface area contributed by atoms with Crippen molar-refractivity contribution in [2.24, 2.45) is 0 Å². The third-order valence-corrected chi connectivity index (χ3v) is 6.60. The highest BCUT2D eigenvalue weighted by Gasteiger charge is 2.41. The molecule has 1 unspecified atom stereocenters. The Morgan fingerprint density at radius 2 is 1.90 bits per heavy atom. The Morgan fingerprint density at radius 1 is 1.20 bits per heavy atom.